The van der Waals surface area contributed by atoms with Crippen molar-refractivity contribution in [1.82, 2.24) is 0 Å². The lowest BCUT2D eigenvalue weighted by Gasteiger charge is -2.51. The molecule has 1 heterocycles. The van der Waals surface area contributed by atoms with Crippen LogP contribution in [0.4, 0.5) is 5.69 Å². The molecule has 0 spiro atoms. The molecule has 1 aliphatic carbocycles. The third-order valence-corrected chi connectivity index (χ3v) is 6.25. The molecule has 1 aromatic carbocycles. The van der Waals surface area contributed by atoms with Crippen molar-refractivity contribution in [2.45, 2.75) is 33.6 Å². The minimum Gasteiger partial charge on any atom is -0.465 e. The van der Waals surface area contributed by atoms with Crippen LogP contribution in [0.3, 0.4) is 0 Å². The summed E-state index contributed by atoms with van der Waals surface area (Å²) in [6.45, 7) is 9.53. The molecular weight excluding hydrogens is 262 g/mol. The smallest absolute Gasteiger partial charge is 0.337 e. The van der Waals surface area contributed by atoms with Crippen molar-refractivity contribution >= 4 is 11.7 Å². The van der Waals surface area contributed by atoms with Crippen molar-refractivity contribution in [2.24, 2.45) is 16.7 Å². The number of piperidine rings is 1. The molecule has 0 aromatic heterocycles. The third kappa shape index (κ3) is 2.14. The second kappa shape index (κ2) is 4.75. The zero-order valence-electron chi connectivity index (χ0n) is 13.5. The first-order valence-electron chi connectivity index (χ1n) is 7.81. The van der Waals surface area contributed by atoms with Crippen molar-refractivity contribution in [1.29, 1.82) is 0 Å². The number of carbonyl (C=O) groups excluding carboxylic acids is 1. The van der Waals surface area contributed by atoms with Gasteiger partial charge in [-0.05, 0) is 53.9 Å². The summed E-state index contributed by atoms with van der Waals surface area (Å²) >= 11 is 0. The second-order valence-corrected chi connectivity index (χ2v) is 7.44. The first-order chi connectivity index (χ1) is 9.87. The molecule has 114 valence electrons. The number of nitrogens with zero attached hydrogens (tertiary/aromatic N) is 1. The first kappa shape index (κ1) is 14.4. The van der Waals surface area contributed by atoms with Gasteiger partial charge in [0.05, 0.1) is 12.7 Å². The van der Waals surface area contributed by atoms with Crippen LogP contribution >= 0.6 is 0 Å². The topological polar surface area (TPSA) is 29.5 Å². The third-order valence-electron chi connectivity index (χ3n) is 6.25. The molecule has 3 nitrogen and oxygen atoms in total. The predicted molar refractivity (Wildman–Crippen MR) is 84.6 cm³/mol. The van der Waals surface area contributed by atoms with E-state index in [-0.39, 0.29) is 5.97 Å². The van der Waals surface area contributed by atoms with Crippen LogP contribution in [0.25, 0.3) is 0 Å². The Morgan fingerprint density at radius 2 is 1.90 bits per heavy atom. The van der Waals surface area contributed by atoms with E-state index in [1.165, 1.54) is 25.6 Å². The maximum absolute atomic E-state index is 11.5. The molecule has 1 saturated heterocycles. The monoisotopic (exact) mass is 287 g/mol. The Morgan fingerprint density at radius 1 is 1.24 bits per heavy atom. The average molecular weight is 287 g/mol. The van der Waals surface area contributed by atoms with Crippen LogP contribution in [0.1, 0.15) is 44.0 Å². The molecule has 21 heavy (non-hydrogen) atoms. The first-order valence-corrected chi connectivity index (χ1v) is 7.81. The van der Waals surface area contributed by atoms with Gasteiger partial charge >= 0.3 is 5.97 Å². The maximum atomic E-state index is 11.5. The summed E-state index contributed by atoms with van der Waals surface area (Å²) in [5, 5.41) is 0. The van der Waals surface area contributed by atoms with Crippen LogP contribution in [0.15, 0.2) is 24.3 Å². The van der Waals surface area contributed by atoms with Gasteiger partial charge in [0, 0.05) is 18.8 Å². The van der Waals surface area contributed by atoms with E-state index < -0.39 is 0 Å². The van der Waals surface area contributed by atoms with E-state index in [4.69, 9.17) is 4.74 Å². The van der Waals surface area contributed by atoms with Gasteiger partial charge in [-0.15, -0.1) is 0 Å². The summed E-state index contributed by atoms with van der Waals surface area (Å²) in [5.74, 6) is 0.491. The van der Waals surface area contributed by atoms with Crippen LogP contribution in [-0.2, 0) is 4.74 Å². The number of hydrogen-bond acceptors (Lipinski definition) is 3. The van der Waals surface area contributed by atoms with Gasteiger partial charge in [-0.2, -0.15) is 0 Å². The number of carbonyl (C=O) groups is 1. The highest BCUT2D eigenvalue weighted by molar-refractivity contribution is 5.89. The Bertz CT molecular complexity index is 549. The summed E-state index contributed by atoms with van der Waals surface area (Å²) < 4.78 is 4.76. The van der Waals surface area contributed by atoms with Crippen molar-refractivity contribution in [3.8, 4) is 0 Å². The highest BCUT2D eigenvalue weighted by Crippen LogP contribution is 2.59. The molecule has 1 aliphatic heterocycles. The minimum atomic E-state index is -0.270. The highest BCUT2D eigenvalue weighted by Gasteiger charge is 2.55. The second-order valence-electron chi connectivity index (χ2n) is 7.44. The number of hydrogen-bond donors (Lipinski definition) is 0. The number of fused-ring (bicyclic) bond motifs is 2. The van der Waals surface area contributed by atoms with Gasteiger partial charge in [0.2, 0.25) is 0 Å². The fourth-order valence-electron chi connectivity index (χ4n) is 4.15. The summed E-state index contributed by atoms with van der Waals surface area (Å²) in [4.78, 5) is 14.0. The maximum Gasteiger partial charge on any atom is 0.337 e. The molecule has 2 aliphatic rings. The van der Waals surface area contributed by atoms with E-state index in [1.54, 1.807) is 0 Å². The van der Waals surface area contributed by atoms with Gasteiger partial charge in [0.1, 0.15) is 0 Å². The number of benzene rings is 1. The van der Waals surface area contributed by atoms with Gasteiger partial charge in [-0.3, -0.25) is 0 Å². The molecular formula is C18H25NO2. The molecule has 0 N–H and O–H groups in total. The Morgan fingerprint density at radius 3 is 2.48 bits per heavy atom. The van der Waals surface area contributed by atoms with E-state index in [0.717, 1.165) is 19.0 Å². The van der Waals surface area contributed by atoms with Crippen molar-refractivity contribution in [3.63, 3.8) is 0 Å². The summed E-state index contributed by atoms with van der Waals surface area (Å²) in [7, 11) is 1.42. The van der Waals surface area contributed by atoms with Crippen LogP contribution in [0, 0.1) is 16.7 Å². The SMILES string of the molecule is COC(=O)c1ccc(N2CC3CCC(C)(C2)C3(C)C)cc1. The van der Waals surface area contributed by atoms with E-state index in [9.17, 15) is 4.79 Å². The largest absolute Gasteiger partial charge is 0.465 e. The lowest BCUT2D eigenvalue weighted by molar-refractivity contribution is 0.0600. The molecule has 2 unspecified atom stereocenters. The number of methoxy groups -OCH3 is 1. The van der Waals surface area contributed by atoms with Crippen LogP contribution in [0.2, 0.25) is 0 Å². The lowest BCUT2D eigenvalue weighted by atomic mass is 9.63. The summed E-state index contributed by atoms with van der Waals surface area (Å²) in [6, 6.07) is 7.83. The minimum absolute atomic E-state index is 0.270. The van der Waals surface area contributed by atoms with Gasteiger partial charge in [-0.25, -0.2) is 4.79 Å². The van der Waals surface area contributed by atoms with Crippen LogP contribution in [-0.4, -0.2) is 26.2 Å². The average Bonchev–Trinajstić information content (AvgIpc) is 2.63. The molecule has 3 rings (SSSR count). The Kier molecular flexibility index (Phi) is 3.27. The quantitative estimate of drug-likeness (QED) is 0.776. The van der Waals surface area contributed by atoms with Crippen molar-refractivity contribution < 1.29 is 9.53 Å². The molecule has 2 atom stereocenters. The van der Waals surface area contributed by atoms with Crippen molar-refractivity contribution in [3.05, 3.63) is 29.8 Å². The fourth-order valence-corrected chi connectivity index (χ4v) is 4.15. The summed E-state index contributed by atoms with van der Waals surface area (Å²) in [6.07, 6.45) is 2.65. The molecule has 2 fully saturated rings. The summed E-state index contributed by atoms with van der Waals surface area (Å²) in [5.41, 5.74) is 2.65. The molecule has 0 amide bonds. The lowest BCUT2D eigenvalue weighted by Crippen LogP contribution is -2.52. The number of esters is 1. The molecule has 1 saturated carbocycles. The molecule has 0 radical (unpaired) electrons. The Hall–Kier alpha value is -1.51. The number of rotatable bonds is 2. The van der Waals surface area contributed by atoms with Crippen LogP contribution in [0.5, 0.6) is 0 Å². The fraction of sp³-hybridized carbons (Fsp3) is 0.611. The zero-order valence-corrected chi connectivity index (χ0v) is 13.5. The highest BCUT2D eigenvalue weighted by atomic mass is 16.5. The van der Waals surface area contributed by atoms with Crippen LogP contribution < -0.4 is 4.90 Å². The Balaban J connectivity index is 1.82. The normalized spacial score (nSPS) is 30.3. The predicted octanol–water partition coefficient (Wildman–Crippen LogP) is 3.74. The number of anilines is 1. The zero-order chi connectivity index (χ0) is 15.3. The van der Waals surface area contributed by atoms with E-state index in [2.05, 4.69) is 25.7 Å². The van der Waals surface area contributed by atoms with Gasteiger partial charge in [0.25, 0.3) is 0 Å². The van der Waals surface area contributed by atoms with Crippen molar-refractivity contribution in [2.75, 3.05) is 25.1 Å². The van der Waals surface area contributed by atoms with Gasteiger partial charge in [0.15, 0.2) is 0 Å². The van der Waals surface area contributed by atoms with Gasteiger partial charge in [-0.1, -0.05) is 20.8 Å². The standard InChI is InChI=1S/C18H25NO2/c1-17(2)14-9-10-18(17,3)12-19(11-14)15-7-5-13(6-8-15)16(20)21-4/h5-8,14H,9-12H2,1-4H3. The Labute approximate surface area is 127 Å². The molecule has 2 bridgehead atoms. The van der Waals surface area contributed by atoms with Gasteiger partial charge < -0.3 is 9.64 Å². The van der Waals surface area contributed by atoms with E-state index in [0.29, 0.717) is 16.4 Å². The molecule has 3 heteroatoms. The number of ether oxygens (including phenoxy) is 1. The molecule has 1 aromatic rings. The van der Waals surface area contributed by atoms with E-state index in [1.807, 2.05) is 24.3 Å². The van der Waals surface area contributed by atoms with E-state index >= 15 is 0 Å².